The van der Waals surface area contributed by atoms with Gasteiger partial charge in [0.1, 0.15) is 23.9 Å². The molecule has 0 aliphatic rings. The van der Waals surface area contributed by atoms with Crippen molar-refractivity contribution in [1.29, 1.82) is 0 Å². The quantitative estimate of drug-likeness (QED) is 0.523. The molecule has 0 unspecified atom stereocenters. The number of ether oxygens (including phenoxy) is 2. The molecule has 7 nitrogen and oxygen atoms in total. The van der Waals surface area contributed by atoms with Crippen molar-refractivity contribution in [3.05, 3.63) is 78.6 Å². The zero-order valence-electron chi connectivity index (χ0n) is 17.6. The molecule has 3 aromatic carbocycles. The van der Waals surface area contributed by atoms with E-state index >= 15 is 0 Å². The minimum Gasteiger partial charge on any atom is -0.497 e. The minimum absolute atomic E-state index is 0.101. The van der Waals surface area contributed by atoms with Crippen molar-refractivity contribution in [3.8, 4) is 11.5 Å². The van der Waals surface area contributed by atoms with Crippen LogP contribution < -0.4 is 19.1 Å². The van der Waals surface area contributed by atoms with Gasteiger partial charge >= 0.3 is 0 Å². The first-order valence-corrected chi connectivity index (χ1v) is 11.2. The highest BCUT2D eigenvalue weighted by atomic mass is 32.2. The molecule has 0 saturated carbocycles. The lowest BCUT2D eigenvalue weighted by atomic mass is 10.3. The summed E-state index contributed by atoms with van der Waals surface area (Å²) < 4.78 is 52.3. The molecule has 0 radical (unpaired) electrons. The minimum atomic E-state index is -4.25. The van der Waals surface area contributed by atoms with E-state index in [9.17, 15) is 17.6 Å². The molecule has 0 heterocycles. The van der Waals surface area contributed by atoms with Gasteiger partial charge in [-0.05, 0) is 67.6 Å². The normalized spacial score (nSPS) is 11.0. The fourth-order valence-corrected chi connectivity index (χ4v) is 4.39. The van der Waals surface area contributed by atoms with Crippen molar-refractivity contribution in [3.63, 3.8) is 0 Å². The number of sulfonamides is 1. The van der Waals surface area contributed by atoms with Crippen LogP contribution in [-0.4, -0.2) is 34.6 Å². The fourth-order valence-electron chi connectivity index (χ4n) is 2.96. The van der Waals surface area contributed by atoms with Crippen LogP contribution in [0.2, 0.25) is 0 Å². The van der Waals surface area contributed by atoms with Gasteiger partial charge in [0.25, 0.3) is 10.0 Å². The average Bonchev–Trinajstić information content (AvgIpc) is 2.79. The number of carbonyl (C=O) groups is 1. The molecule has 168 valence electrons. The Morgan fingerprint density at radius 3 is 2.19 bits per heavy atom. The molecular weight excluding hydrogens is 435 g/mol. The SMILES string of the molecule is CCOc1ccc(NC(=O)CN(c2ccccc2F)S(=O)(=O)c2ccc(OC)cc2)cc1. The Morgan fingerprint density at radius 1 is 0.969 bits per heavy atom. The smallest absolute Gasteiger partial charge is 0.264 e. The second kappa shape index (κ2) is 10.1. The molecule has 0 aliphatic heterocycles. The van der Waals surface area contributed by atoms with E-state index in [2.05, 4.69) is 5.32 Å². The molecular formula is C23H23FN2O5S. The van der Waals surface area contributed by atoms with Gasteiger partial charge in [-0.1, -0.05) is 12.1 Å². The molecule has 32 heavy (non-hydrogen) atoms. The molecule has 1 N–H and O–H groups in total. The molecule has 0 atom stereocenters. The Labute approximate surface area is 186 Å². The summed E-state index contributed by atoms with van der Waals surface area (Å²) in [5.74, 6) is -0.289. The number of hydrogen-bond acceptors (Lipinski definition) is 5. The molecule has 0 saturated heterocycles. The van der Waals surface area contributed by atoms with Crippen LogP contribution in [-0.2, 0) is 14.8 Å². The summed E-state index contributed by atoms with van der Waals surface area (Å²) in [5, 5.41) is 2.63. The number of carbonyl (C=O) groups excluding carboxylic acids is 1. The van der Waals surface area contributed by atoms with Crippen molar-refractivity contribution in [2.75, 3.05) is 29.9 Å². The summed E-state index contributed by atoms with van der Waals surface area (Å²) in [6.07, 6.45) is 0. The van der Waals surface area contributed by atoms with Crippen LogP contribution in [0.5, 0.6) is 11.5 Å². The average molecular weight is 459 g/mol. The van der Waals surface area contributed by atoms with Gasteiger partial charge in [-0.2, -0.15) is 0 Å². The maximum atomic E-state index is 14.5. The van der Waals surface area contributed by atoms with Crippen LogP contribution in [0.25, 0.3) is 0 Å². The lowest BCUT2D eigenvalue weighted by Crippen LogP contribution is -2.38. The Hall–Kier alpha value is -3.59. The van der Waals surface area contributed by atoms with Gasteiger partial charge in [0.05, 0.1) is 24.3 Å². The summed E-state index contributed by atoms with van der Waals surface area (Å²) in [7, 11) is -2.79. The first-order chi connectivity index (χ1) is 15.3. The molecule has 0 spiro atoms. The monoisotopic (exact) mass is 458 g/mol. The van der Waals surface area contributed by atoms with E-state index in [1.165, 1.54) is 49.6 Å². The molecule has 3 aromatic rings. The van der Waals surface area contributed by atoms with Crippen molar-refractivity contribution in [2.45, 2.75) is 11.8 Å². The highest BCUT2D eigenvalue weighted by molar-refractivity contribution is 7.92. The van der Waals surface area contributed by atoms with Crippen LogP contribution >= 0.6 is 0 Å². The number of methoxy groups -OCH3 is 1. The number of rotatable bonds is 9. The Kier molecular flexibility index (Phi) is 7.32. The van der Waals surface area contributed by atoms with E-state index in [-0.39, 0.29) is 10.6 Å². The highest BCUT2D eigenvalue weighted by Gasteiger charge is 2.29. The van der Waals surface area contributed by atoms with Crippen molar-refractivity contribution < 1.29 is 27.1 Å². The van der Waals surface area contributed by atoms with Gasteiger partial charge in [-0.15, -0.1) is 0 Å². The van der Waals surface area contributed by atoms with Crippen molar-refractivity contribution in [2.24, 2.45) is 0 Å². The Bertz CT molecular complexity index is 1170. The lowest BCUT2D eigenvalue weighted by molar-refractivity contribution is -0.114. The van der Waals surface area contributed by atoms with Gasteiger partial charge in [-0.3, -0.25) is 9.10 Å². The van der Waals surface area contributed by atoms with E-state index in [4.69, 9.17) is 9.47 Å². The van der Waals surface area contributed by atoms with Crippen LogP contribution in [0.15, 0.2) is 77.7 Å². The number of benzene rings is 3. The number of nitrogens with zero attached hydrogens (tertiary/aromatic N) is 1. The predicted molar refractivity (Wildman–Crippen MR) is 120 cm³/mol. The van der Waals surface area contributed by atoms with E-state index in [1.54, 1.807) is 24.3 Å². The third-order valence-electron chi connectivity index (χ3n) is 4.50. The van der Waals surface area contributed by atoms with Gasteiger partial charge in [0.15, 0.2) is 0 Å². The molecule has 1 amide bonds. The maximum Gasteiger partial charge on any atom is 0.264 e. The standard InChI is InChI=1S/C23H23FN2O5S/c1-3-31-19-10-8-17(9-11-19)25-23(27)16-26(22-7-5-4-6-21(22)24)32(28,29)20-14-12-18(30-2)13-15-20/h4-15H,3,16H2,1-2H3,(H,25,27). The number of hydrogen-bond donors (Lipinski definition) is 1. The second-order valence-electron chi connectivity index (χ2n) is 6.64. The molecule has 3 rings (SSSR count). The first-order valence-electron chi connectivity index (χ1n) is 9.79. The largest absolute Gasteiger partial charge is 0.497 e. The maximum absolute atomic E-state index is 14.5. The third kappa shape index (κ3) is 5.36. The van der Waals surface area contributed by atoms with E-state index < -0.39 is 28.3 Å². The van der Waals surface area contributed by atoms with Gasteiger partial charge in [0, 0.05) is 5.69 Å². The number of anilines is 2. The number of para-hydroxylation sites is 1. The summed E-state index contributed by atoms with van der Waals surface area (Å²) in [6.45, 7) is 1.74. The number of nitrogens with one attached hydrogen (secondary N) is 1. The topological polar surface area (TPSA) is 84.9 Å². The van der Waals surface area contributed by atoms with Gasteiger partial charge in [-0.25, -0.2) is 12.8 Å². The first kappa shape index (κ1) is 23.1. The summed E-state index contributed by atoms with van der Waals surface area (Å²) in [5.41, 5.74) is 0.221. The molecule has 0 aromatic heterocycles. The van der Waals surface area contributed by atoms with E-state index in [0.717, 1.165) is 10.4 Å². The van der Waals surface area contributed by atoms with E-state index in [0.29, 0.717) is 23.8 Å². The van der Waals surface area contributed by atoms with Crippen LogP contribution in [0, 0.1) is 5.82 Å². The molecule has 0 aliphatic carbocycles. The molecule has 0 bridgehead atoms. The summed E-state index contributed by atoms with van der Waals surface area (Å²) in [4.78, 5) is 12.6. The Morgan fingerprint density at radius 2 is 1.59 bits per heavy atom. The third-order valence-corrected chi connectivity index (χ3v) is 6.28. The van der Waals surface area contributed by atoms with Crippen molar-refractivity contribution >= 4 is 27.3 Å². The fraction of sp³-hybridized carbons (Fsp3) is 0.174. The lowest BCUT2D eigenvalue weighted by Gasteiger charge is -2.24. The van der Waals surface area contributed by atoms with Crippen LogP contribution in [0.4, 0.5) is 15.8 Å². The highest BCUT2D eigenvalue weighted by Crippen LogP contribution is 2.27. The number of amides is 1. The summed E-state index contributed by atoms with van der Waals surface area (Å²) >= 11 is 0. The van der Waals surface area contributed by atoms with Gasteiger partial charge < -0.3 is 14.8 Å². The Balaban J connectivity index is 1.89. The van der Waals surface area contributed by atoms with Crippen LogP contribution in [0.3, 0.4) is 0 Å². The molecule has 9 heteroatoms. The van der Waals surface area contributed by atoms with Crippen molar-refractivity contribution in [1.82, 2.24) is 0 Å². The van der Waals surface area contributed by atoms with Crippen LogP contribution in [0.1, 0.15) is 6.92 Å². The zero-order chi connectivity index (χ0) is 23.1. The van der Waals surface area contributed by atoms with E-state index in [1.807, 2.05) is 6.92 Å². The molecule has 0 fully saturated rings. The summed E-state index contributed by atoms with van der Waals surface area (Å²) in [6, 6.07) is 17.6. The number of halogens is 1. The zero-order valence-corrected chi connectivity index (χ0v) is 18.4. The predicted octanol–water partition coefficient (Wildman–Crippen LogP) is 4.07. The second-order valence-corrected chi connectivity index (χ2v) is 8.51. The van der Waals surface area contributed by atoms with Gasteiger partial charge in [0.2, 0.25) is 5.91 Å².